The first-order valence-electron chi connectivity index (χ1n) is 7.42. The third kappa shape index (κ3) is 2.82. The number of aromatic nitrogens is 2. The smallest absolute Gasteiger partial charge is 0.131 e. The molecule has 2 fully saturated rings. The maximum atomic E-state index is 9.30. The van der Waals surface area contributed by atoms with Crippen LogP contribution in [0.3, 0.4) is 0 Å². The van der Waals surface area contributed by atoms with E-state index < -0.39 is 0 Å². The second kappa shape index (κ2) is 5.71. The Hall–Kier alpha value is -1.11. The molecule has 0 bridgehead atoms. The lowest BCUT2D eigenvalue weighted by Crippen LogP contribution is -2.45. The number of rotatable bonds is 5. The van der Waals surface area contributed by atoms with E-state index in [9.17, 15) is 5.11 Å². The van der Waals surface area contributed by atoms with Gasteiger partial charge in [0.25, 0.3) is 0 Å². The highest BCUT2D eigenvalue weighted by Gasteiger charge is 2.27. The molecule has 2 heterocycles. The molecular formula is C14H24N4O2. The Kier molecular flexibility index (Phi) is 3.96. The fraction of sp³-hybridized carbons (Fsp3) is 0.786. The summed E-state index contributed by atoms with van der Waals surface area (Å²) in [5, 5.41) is 17.4. The van der Waals surface area contributed by atoms with Crippen LogP contribution in [-0.4, -0.2) is 53.3 Å². The average Bonchev–Trinajstić information content (AvgIpc) is 3.22. The molecule has 1 aliphatic carbocycles. The van der Waals surface area contributed by atoms with E-state index in [1.165, 1.54) is 18.4 Å². The Morgan fingerprint density at radius 2 is 2.25 bits per heavy atom. The molecule has 1 saturated heterocycles. The molecule has 1 aromatic heterocycles. The average molecular weight is 280 g/mol. The van der Waals surface area contributed by atoms with Gasteiger partial charge in [0, 0.05) is 38.3 Å². The largest absolute Gasteiger partial charge is 0.394 e. The highest BCUT2D eigenvalue weighted by Crippen LogP contribution is 2.27. The van der Waals surface area contributed by atoms with Crippen molar-refractivity contribution in [1.82, 2.24) is 15.1 Å². The monoisotopic (exact) mass is 280 g/mol. The Balaban J connectivity index is 1.79. The topological polar surface area (TPSA) is 62.6 Å². The standard InChI is InChI=1S/C14H24N4O2/c1-10-13(7-15-11-3-4-11)14(17(2)16-10)18-5-6-20-12(8-18)9-19/h11-12,15,19H,3-9H2,1-2H3. The third-order valence-corrected chi connectivity index (χ3v) is 4.10. The van der Waals surface area contributed by atoms with Crippen molar-refractivity contribution in [3.8, 4) is 0 Å². The summed E-state index contributed by atoms with van der Waals surface area (Å²) in [6.45, 7) is 5.25. The number of anilines is 1. The van der Waals surface area contributed by atoms with Crippen molar-refractivity contribution in [1.29, 1.82) is 0 Å². The SMILES string of the molecule is Cc1nn(C)c(N2CCOC(CO)C2)c1CNC1CC1. The lowest BCUT2D eigenvalue weighted by atomic mass is 10.2. The van der Waals surface area contributed by atoms with E-state index in [1.807, 2.05) is 11.7 Å². The molecule has 1 saturated carbocycles. The lowest BCUT2D eigenvalue weighted by Gasteiger charge is -2.34. The van der Waals surface area contributed by atoms with E-state index in [1.54, 1.807) is 0 Å². The first kappa shape index (κ1) is 13.9. The molecule has 6 heteroatoms. The van der Waals surface area contributed by atoms with Crippen LogP contribution >= 0.6 is 0 Å². The molecule has 1 aromatic rings. The molecule has 3 rings (SSSR count). The van der Waals surface area contributed by atoms with Crippen LogP contribution in [0, 0.1) is 6.92 Å². The minimum Gasteiger partial charge on any atom is -0.394 e. The number of ether oxygens (including phenoxy) is 1. The number of nitrogens with one attached hydrogen (secondary N) is 1. The molecule has 0 spiro atoms. The van der Waals surface area contributed by atoms with Crippen LogP contribution in [0.2, 0.25) is 0 Å². The van der Waals surface area contributed by atoms with Gasteiger partial charge in [-0.2, -0.15) is 5.10 Å². The van der Waals surface area contributed by atoms with Gasteiger partial charge in [-0.25, -0.2) is 0 Å². The van der Waals surface area contributed by atoms with Crippen LogP contribution < -0.4 is 10.2 Å². The van der Waals surface area contributed by atoms with Crippen LogP contribution in [0.5, 0.6) is 0 Å². The van der Waals surface area contributed by atoms with Crippen LogP contribution in [0.1, 0.15) is 24.1 Å². The normalized spacial score (nSPS) is 23.4. The van der Waals surface area contributed by atoms with Gasteiger partial charge in [-0.1, -0.05) is 0 Å². The highest BCUT2D eigenvalue weighted by atomic mass is 16.5. The summed E-state index contributed by atoms with van der Waals surface area (Å²) >= 11 is 0. The summed E-state index contributed by atoms with van der Waals surface area (Å²) in [5.74, 6) is 1.16. The van der Waals surface area contributed by atoms with E-state index in [2.05, 4.69) is 22.2 Å². The second-order valence-electron chi connectivity index (χ2n) is 5.79. The molecule has 1 aliphatic heterocycles. The maximum Gasteiger partial charge on any atom is 0.131 e. The number of hydrogen-bond acceptors (Lipinski definition) is 5. The molecule has 6 nitrogen and oxygen atoms in total. The van der Waals surface area contributed by atoms with Crippen molar-refractivity contribution in [3.05, 3.63) is 11.3 Å². The second-order valence-corrected chi connectivity index (χ2v) is 5.79. The van der Waals surface area contributed by atoms with Crippen LogP contribution in [-0.2, 0) is 18.3 Å². The van der Waals surface area contributed by atoms with E-state index >= 15 is 0 Å². The van der Waals surface area contributed by atoms with Crippen molar-refractivity contribution >= 4 is 5.82 Å². The third-order valence-electron chi connectivity index (χ3n) is 4.10. The fourth-order valence-corrected chi connectivity index (χ4v) is 2.85. The number of nitrogens with zero attached hydrogens (tertiary/aromatic N) is 3. The highest BCUT2D eigenvalue weighted by molar-refractivity contribution is 5.50. The molecule has 0 aromatic carbocycles. The van der Waals surface area contributed by atoms with Crippen molar-refractivity contribution in [2.24, 2.45) is 7.05 Å². The molecule has 0 radical (unpaired) electrons. The Labute approximate surface area is 119 Å². The molecule has 2 aliphatic rings. The summed E-state index contributed by atoms with van der Waals surface area (Å²) in [7, 11) is 1.99. The summed E-state index contributed by atoms with van der Waals surface area (Å²) in [6.07, 6.45) is 2.49. The fourth-order valence-electron chi connectivity index (χ4n) is 2.85. The van der Waals surface area contributed by atoms with Gasteiger partial charge >= 0.3 is 0 Å². The van der Waals surface area contributed by atoms with Gasteiger partial charge < -0.3 is 20.1 Å². The molecular weight excluding hydrogens is 256 g/mol. The molecule has 112 valence electrons. The van der Waals surface area contributed by atoms with Gasteiger partial charge in [0.15, 0.2) is 0 Å². The number of aliphatic hydroxyl groups excluding tert-OH is 1. The van der Waals surface area contributed by atoms with Crippen LogP contribution in [0.25, 0.3) is 0 Å². The minimum absolute atomic E-state index is 0.0724. The van der Waals surface area contributed by atoms with E-state index in [0.29, 0.717) is 12.6 Å². The zero-order valence-electron chi connectivity index (χ0n) is 12.3. The number of hydrogen-bond donors (Lipinski definition) is 2. The molecule has 0 amide bonds. The summed E-state index contributed by atoms with van der Waals surface area (Å²) in [6, 6.07) is 0.692. The quantitative estimate of drug-likeness (QED) is 0.805. The van der Waals surface area contributed by atoms with Gasteiger partial charge in [-0.3, -0.25) is 4.68 Å². The van der Waals surface area contributed by atoms with E-state index in [0.717, 1.165) is 31.1 Å². The molecule has 1 atom stereocenters. The van der Waals surface area contributed by atoms with E-state index in [4.69, 9.17) is 4.74 Å². The van der Waals surface area contributed by atoms with Crippen molar-refractivity contribution in [2.45, 2.75) is 38.5 Å². The van der Waals surface area contributed by atoms with Gasteiger partial charge in [-0.15, -0.1) is 0 Å². The first-order valence-corrected chi connectivity index (χ1v) is 7.42. The zero-order valence-corrected chi connectivity index (χ0v) is 12.3. The Bertz CT molecular complexity index is 470. The van der Waals surface area contributed by atoms with Crippen molar-refractivity contribution < 1.29 is 9.84 Å². The number of morpholine rings is 1. The van der Waals surface area contributed by atoms with Gasteiger partial charge in [0.05, 0.1) is 25.0 Å². The maximum absolute atomic E-state index is 9.30. The summed E-state index contributed by atoms with van der Waals surface area (Å²) in [4.78, 5) is 2.29. The molecule has 1 unspecified atom stereocenters. The predicted molar refractivity (Wildman–Crippen MR) is 76.8 cm³/mol. The molecule has 2 N–H and O–H groups in total. The van der Waals surface area contributed by atoms with Crippen molar-refractivity contribution in [3.63, 3.8) is 0 Å². The predicted octanol–water partition coefficient (Wildman–Crippen LogP) is 0.178. The van der Waals surface area contributed by atoms with Gasteiger partial charge in [-0.05, 0) is 19.8 Å². The number of aliphatic hydroxyl groups is 1. The Morgan fingerprint density at radius 1 is 1.45 bits per heavy atom. The first-order chi connectivity index (χ1) is 9.69. The summed E-state index contributed by atoms with van der Waals surface area (Å²) < 4.78 is 7.49. The van der Waals surface area contributed by atoms with E-state index in [-0.39, 0.29) is 12.7 Å². The van der Waals surface area contributed by atoms with Crippen molar-refractivity contribution in [2.75, 3.05) is 31.2 Å². The van der Waals surface area contributed by atoms with Crippen LogP contribution in [0.4, 0.5) is 5.82 Å². The zero-order chi connectivity index (χ0) is 14.1. The lowest BCUT2D eigenvalue weighted by molar-refractivity contribution is 0.00314. The van der Waals surface area contributed by atoms with Gasteiger partial charge in [0.2, 0.25) is 0 Å². The molecule has 20 heavy (non-hydrogen) atoms. The number of aryl methyl sites for hydroxylation is 2. The summed E-state index contributed by atoms with van der Waals surface area (Å²) in [5.41, 5.74) is 2.36. The minimum atomic E-state index is -0.0943. The Morgan fingerprint density at radius 3 is 2.95 bits per heavy atom. The van der Waals surface area contributed by atoms with Crippen LogP contribution in [0.15, 0.2) is 0 Å². The van der Waals surface area contributed by atoms with Gasteiger partial charge in [0.1, 0.15) is 5.82 Å².